The molecule has 0 saturated heterocycles. The van der Waals surface area contributed by atoms with Gasteiger partial charge in [0, 0.05) is 17.3 Å². The fourth-order valence-electron chi connectivity index (χ4n) is 1.31. The van der Waals surface area contributed by atoms with Gasteiger partial charge in [0.1, 0.15) is 5.82 Å². The van der Waals surface area contributed by atoms with Gasteiger partial charge in [0.25, 0.3) is 0 Å². The van der Waals surface area contributed by atoms with E-state index in [0.29, 0.717) is 11.3 Å². The molecule has 0 radical (unpaired) electrons. The SMILES string of the molecule is Nc1ccc(-c2cccc(=O)[nH]2)cc1F. The van der Waals surface area contributed by atoms with Crippen LogP contribution in [0, 0.1) is 5.82 Å². The largest absolute Gasteiger partial charge is 0.396 e. The highest BCUT2D eigenvalue weighted by atomic mass is 19.1. The van der Waals surface area contributed by atoms with Crippen molar-refractivity contribution in [2.24, 2.45) is 0 Å². The molecule has 3 N–H and O–H groups in total. The molecule has 1 aromatic heterocycles. The minimum absolute atomic E-state index is 0.0945. The smallest absolute Gasteiger partial charge is 0.248 e. The van der Waals surface area contributed by atoms with E-state index in [0.717, 1.165) is 0 Å². The van der Waals surface area contributed by atoms with Gasteiger partial charge < -0.3 is 10.7 Å². The van der Waals surface area contributed by atoms with Gasteiger partial charge in [0.2, 0.25) is 5.56 Å². The molecular weight excluding hydrogens is 195 g/mol. The summed E-state index contributed by atoms with van der Waals surface area (Å²) in [5.41, 5.74) is 6.39. The zero-order valence-electron chi connectivity index (χ0n) is 7.83. The molecule has 15 heavy (non-hydrogen) atoms. The monoisotopic (exact) mass is 204 g/mol. The van der Waals surface area contributed by atoms with Gasteiger partial charge in [-0.1, -0.05) is 12.1 Å². The predicted octanol–water partition coefficient (Wildman–Crippen LogP) is 1.76. The van der Waals surface area contributed by atoms with E-state index in [4.69, 9.17) is 5.73 Å². The number of nitrogens with two attached hydrogens (primary N) is 1. The average Bonchev–Trinajstić information content (AvgIpc) is 2.22. The Kier molecular flexibility index (Phi) is 2.25. The third-order valence-electron chi connectivity index (χ3n) is 2.08. The summed E-state index contributed by atoms with van der Waals surface area (Å²) in [6, 6.07) is 9.13. The number of nitrogens with one attached hydrogen (secondary N) is 1. The molecule has 0 aliphatic rings. The van der Waals surface area contributed by atoms with Crippen LogP contribution in [-0.2, 0) is 0 Å². The molecule has 0 saturated carbocycles. The Morgan fingerprint density at radius 2 is 2.00 bits per heavy atom. The average molecular weight is 204 g/mol. The second-order valence-electron chi connectivity index (χ2n) is 3.17. The maximum Gasteiger partial charge on any atom is 0.248 e. The highest BCUT2D eigenvalue weighted by Crippen LogP contribution is 2.19. The first-order valence-electron chi connectivity index (χ1n) is 4.41. The first-order chi connectivity index (χ1) is 7.16. The molecule has 0 spiro atoms. The van der Waals surface area contributed by atoms with Crippen LogP contribution in [0.15, 0.2) is 41.2 Å². The Morgan fingerprint density at radius 1 is 1.20 bits per heavy atom. The molecule has 2 aromatic rings. The third-order valence-corrected chi connectivity index (χ3v) is 2.08. The topological polar surface area (TPSA) is 58.9 Å². The minimum Gasteiger partial charge on any atom is -0.396 e. The molecule has 2 rings (SSSR count). The quantitative estimate of drug-likeness (QED) is 0.695. The number of anilines is 1. The van der Waals surface area contributed by atoms with Crippen LogP contribution in [0.5, 0.6) is 0 Å². The molecular formula is C11H9FN2O. The van der Waals surface area contributed by atoms with E-state index in [1.54, 1.807) is 18.2 Å². The number of hydrogen-bond acceptors (Lipinski definition) is 2. The van der Waals surface area contributed by atoms with Crippen LogP contribution in [0.25, 0.3) is 11.3 Å². The maximum absolute atomic E-state index is 13.1. The summed E-state index contributed by atoms with van der Waals surface area (Å²) < 4.78 is 13.1. The van der Waals surface area contributed by atoms with Crippen molar-refractivity contribution in [2.45, 2.75) is 0 Å². The van der Waals surface area contributed by atoms with E-state index >= 15 is 0 Å². The zero-order valence-corrected chi connectivity index (χ0v) is 7.83. The van der Waals surface area contributed by atoms with E-state index < -0.39 is 5.82 Å². The molecule has 0 unspecified atom stereocenters. The molecule has 0 atom stereocenters. The van der Waals surface area contributed by atoms with Gasteiger partial charge in [0.05, 0.1) is 5.69 Å². The minimum atomic E-state index is -0.489. The maximum atomic E-state index is 13.1. The third kappa shape index (κ3) is 1.88. The van der Waals surface area contributed by atoms with E-state index in [-0.39, 0.29) is 11.2 Å². The number of aromatic amines is 1. The number of hydrogen-bond donors (Lipinski definition) is 2. The summed E-state index contributed by atoms with van der Waals surface area (Å²) in [6.07, 6.45) is 0. The van der Waals surface area contributed by atoms with Crippen molar-refractivity contribution >= 4 is 5.69 Å². The van der Waals surface area contributed by atoms with Gasteiger partial charge in [-0.25, -0.2) is 4.39 Å². The van der Waals surface area contributed by atoms with Crippen molar-refractivity contribution in [1.29, 1.82) is 0 Å². The number of rotatable bonds is 1. The fourth-order valence-corrected chi connectivity index (χ4v) is 1.31. The van der Waals surface area contributed by atoms with Gasteiger partial charge in [-0.15, -0.1) is 0 Å². The lowest BCUT2D eigenvalue weighted by atomic mass is 10.1. The van der Waals surface area contributed by atoms with Crippen LogP contribution < -0.4 is 11.3 Å². The predicted molar refractivity (Wildman–Crippen MR) is 56.9 cm³/mol. The number of H-pyrrole nitrogens is 1. The van der Waals surface area contributed by atoms with Crippen molar-refractivity contribution in [3.8, 4) is 11.3 Å². The highest BCUT2D eigenvalue weighted by Gasteiger charge is 2.02. The summed E-state index contributed by atoms with van der Waals surface area (Å²) in [7, 11) is 0. The Hall–Kier alpha value is -2.10. The molecule has 1 aromatic carbocycles. The van der Waals surface area contributed by atoms with Crippen LogP contribution in [0.3, 0.4) is 0 Å². The van der Waals surface area contributed by atoms with Crippen LogP contribution in [-0.4, -0.2) is 4.98 Å². The lowest BCUT2D eigenvalue weighted by Gasteiger charge is -2.02. The molecule has 0 amide bonds. The Bertz CT molecular complexity index is 548. The van der Waals surface area contributed by atoms with Crippen LogP contribution in [0.2, 0.25) is 0 Å². The van der Waals surface area contributed by atoms with Crippen molar-refractivity contribution in [3.63, 3.8) is 0 Å². The van der Waals surface area contributed by atoms with Gasteiger partial charge in [-0.2, -0.15) is 0 Å². The molecule has 4 heteroatoms. The van der Waals surface area contributed by atoms with Crippen molar-refractivity contribution in [1.82, 2.24) is 4.98 Å². The number of halogens is 1. The number of nitrogen functional groups attached to an aromatic ring is 1. The lowest BCUT2D eigenvalue weighted by molar-refractivity contribution is 0.633. The van der Waals surface area contributed by atoms with E-state index in [1.165, 1.54) is 18.2 Å². The van der Waals surface area contributed by atoms with E-state index in [2.05, 4.69) is 4.98 Å². The molecule has 76 valence electrons. The summed E-state index contributed by atoms with van der Waals surface area (Å²) in [5.74, 6) is -0.489. The number of aromatic nitrogens is 1. The van der Waals surface area contributed by atoms with Crippen LogP contribution in [0.4, 0.5) is 10.1 Å². The summed E-state index contributed by atoms with van der Waals surface area (Å²) in [5, 5.41) is 0. The van der Waals surface area contributed by atoms with E-state index in [1.807, 2.05) is 0 Å². The molecule has 0 aliphatic heterocycles. The first kappa shape index (κ1) is 9.45. The van der Waals surface area contributed by atoms with Gasteiger partial charge in [-0.3, -0.25) is 4.79 Å². The van der Waals surface area contributed by atoms with Crippen molar-refractivity contribution < 1.29 is 4.39 Å². The van der Waals surface area contributed by atoms with Crippen LogP contribution >= 0.6 is 0 Å². The number of pyridine rings is 1. The Balaban J connectivity index is 2.55. The second kappa shape index (κ2) is 3.57. The number of benzene rings is 1. The zero-order chi connectivity index (χ0) is 10.8. The molecule has 0 bridgehead atoms. The van der Waals surface area contributed by atoms with Crippen molar-refractivity contribution in [3.05, 3.63) is 52.6 Å². The summed E-state index contributed by atoms with van der Waals surface area (Å²) in [6.45, 7) is 0. The Labute approximate surface area is 85.4 Å². The standard InChI is InChI=1S/C11H9FN2O/c12-8-6-7(4-5-9(8)13)10-2-1-3-11(15)14-10/h1-6H,13H2,(H,14,15). The van der Waals surface area contributed by atoms with Crippen LogP contribution in [0.1, 0.15) is 0 Å². The van der Waals surface area contributed by atoms with Gasteiger partial charge in [-0.05, 0) is 18.2 Å². The molecule has 1 heterocycles. The summed E-state index contributed by atoms with van der Waals surface area (Å²) >= 11 is 0. The molecule has 0 aliphatic carbocycles. The second-order valence-corrected chi connectivity index (χ2v) is 3.17. The molecule has 3 nitrogen and oxygen atoms in total. The van der Waals surface area contributed by atoms with Gasteiger partial charge >= 0.3 is 0 Å². The van der Waals surface area contributed by atoms with Gasteiger partial charge in [0.15, 0.2) is 0 Å². The normalized spacial score (nSPS) is 10.2. The highest BCUT2D eigenvalue weighted by molar-refractivity contribution is 5.62. The van der Waals surface area contributed by atoms with Crippen molar-refractivity contribution in [2.75, 3.05) is 5.73 Å². The molecule has 0 fully saturated rings. The fraction of sp³-hybridized carbons (Fsp3) is 0. The lowest BCUT2D eigenvalue weighted by Crippen LogP contribution is -2.03. The Morgan fingerprint density at radius 3 is 2.67 bits per heavy atom. The summed E-state index contributed by atoms with van der Waals surface area (Å²) in [4.78, 5) is 13.6. The van der Waals surface area contributed by atoms with E-state index in [9.17, 15) is 9.18 Å². The first-order valence-corrected chi connectivity index (χ1v) is 4.41.